The van der Waals surface area contributed by atoms with E-state index in [1.165, 1.54) is 31.3 Å². The highest BCUT2D eigenvalue weighted by atomic mass is 79.9. The van der Waals surface area contributed by atoms with Crippen LogP contribution in [0.3, 0.4) is 0 Å². The predicted octanol–water partition coefficient (Wildman–Crippen LogP) is 6.50. The van der Waals surface area contributed by atoms with Crippen LogP contribution in [0.25, 0.3) is 0 Å². The molecule has 0 fully saturated rings. The van der Waals surface area contributed by atoms with E-state index < -0.39 is 40.8 Å². The van der Waals surface area contributed by atoms with Gasteiger partial charge in [0.15, 0.2) is 0 Å². The molecule has 1 amide bonds. The van der Waals surface area contributed by atoms with Gasteiger partial charge in [-0.3, -0.25) is 4.79 Å². The lowest BCUT2D eigenvalue weighted by Gasteiger charge is -2.25. The van der Waals surface area contributed by atoms with Crippen LogP contribution < -0.4 is 0 Å². The second kappa shape index (κ2) is 9.36. The molecule has 0 N–H and O–H groups in total. The summed E-state index contributed by atoms with van der Waals surface area (Å²) in [7, 11) is 1.29. The molecule has 0 aliphatic heterocycles. The molecular weight excluding hydrogens is 483 g/mol. The highest BCUT2D eigenvalue weighted by molar-refractivity contribution is 9.09. The van der Waals surface area contributed by atoms with Gasteiger partial charge < -0.3 is 4.90 Å². The van der Waals surface area contributed by atoms with Crippen LogP contribution >= 0.6 is 15.9 Å². The van der Waals surface area contributed by atoms with Crippen molar-refractivity contribution in [1.29, 1.82) is 0 Å². The minimum absolute atomic E-state index is 0.0215. The Kier molecular flexibility index (Phi) is 7.54. The molecule has 1 atom stereocenters. The van der Waals surface area contributed by atoms with E-state index >= 15 is 0 Å². The Morgan fingerprint density at radius 1 is 0.967 bits per heavy atom. The Morgan fingerprint density at radius 3 is 1.90 bits per heavy atom. The van der Waals surface area contributed by atoms with Crippen LogP contribution in [-0.4, -0.2) is 29.7 Å². The fourth-order valence-corrected chi connectivity index (χ4v) is 3.49. The van der Waals surface area contributed by atoms with Gasteiger partial charge in [0.05, 0.1) is 11.1 Å². The van der Waals surface area contributed by atoms with Crippen LogP contribution in [0.4, 0.5) is 30.7 Å². The largest absolute Gasteiger partial charge is 0.416 e. The smallest absolute Gasteiger partial charge is 0.341 e. The van der Waals surface area contributed by atoms with Crippen molar-refractivity contribution in [2.45, 2.75) is 24.7 Å². The van der Waals surface area contributed by atoms with Crippen LogP contribution in [0.2, 0.25) is 0 Å². The number of hydrogen-bond acceptors (Lipinski definition) is 1. The van der Waals surface area contributed by atoms with Crippen LogP contribution in [0.5, 0.6) is 0 Å². The summed E-state index contributed by atoms with van der Waals surface area (Å²) < 4.78 is 91.4. The van der Waals surface area contributed by atoms with E-state index in [9.17, 15) is 35.5 Å². The first kappa shape index (κ1) is 24.2. The topological polar surface area (TPSA) is 20.3 Å². The van der Waals surface area contributed by atoms with E-state index in [0.29, 0.717) is 29.4 Å². The maximum absolute atomic E-state index is 13.2. The third-order valence-electron chi connectivity index (χ3n) is 4.47. The molecule has 0 aliphatic carbocycles. The average Bonchev–Trinajstić information content (AvgIpc) is 2.66. The number of nitrogens with zero attached hydrogens (tertiary/aromatic N) is 1. The van der Waals surface area contributed by atoms with Crippen LogP contribution in [0, 0.1) is 5.82 Å². The molecule has 164 valence electrons. The normalized spacial score (nSPS) is 13.2. The van der Waals surface area contributed by atoms with Gasteiger partial charge in [-0.15, -0.1) is 0 Å². The number of rotatable bonds is 6. The number of hydrogen-bond donors (Lipinski definition) is 0. The van der Waals surface area contributed by atoms with Crippen molar-refractivity contribution in [3.05, 3.63) is 70.5 Å². The first-order chi connectivity index (χ1) is 13.8. The maximum atomic E-state index is 13.2. The number of benzene rings is 2. The molecule has 0 saturated heterocycles. The molecule has 0 saturated carbocycles. The highest BCUT2D eigenvalue weighted by Crippen LogP contribution is 2.36. The van der Waals surface area contributed by atoms with E-state index in [0.717, 1.165) is 4.90 Å². The molecule has 30 heavy (non-hydrogen) atoms. The summed E-state index contributed by atoms with van der Waals surface area (Å²) in [6, 6.07) is 6.31. The first-order valence-electron chi connectivity index (χ1n) is 8.69. The highest BCUT2D eigenvalue weighted by Gasteiger charge is 2.37. The van der Waals surface area contributed by atoms with E-state index in [-0.39, 0.29) is 18.5 Å². The van der Waals surface area contributed by atoms with E-state index in [4.69, 9.17) is 0 Å². The zero-order valence-corrected chi connectivity index (χ0v) is 17.2. The van der Waals surface area contributed by atoms with Gasteiger partial charge in [0.25, 0.3) is 5.91 Å². The van der Waals surface area contributed by atoms with Gasteiger partial charge in [-0.1, -0.05) is 28.1 Å². The first-order valence-corrected chi connectivity index (χ1v) is 9.81. The minimum atomic E-state index is -5.04. The van der Waals surface area contributed by atoms with Gasteiger partial charge >= 0.3 is 12.4 Å². The number of amides is 1. The Hall–Kier alpha value is -2.10. The zero-order valence-electron chi connectivity index (χ0n) is 15.6. The molecule has 0 bridgehead atoms. The summed E-state index contributed by atoms with van der Waals surface area (Å²) in [6.45, 7) is 0.0215. The molecular formula is C20H17BrF7NO. The monoisotopic (exact) mass is 499 g/mol. The maximum Gasteiger partial charge on any atom is 0.416 e. The summed E-state index contributed by atoms with van der Waals surface area (Å²) in [6.07, 6.45) is -9.57. The summed E-state index contributed by atoms with van der Waals surface area (Å²) in [5.41, 5.74) is -3.12. The molecule has 2 aromatic carbocycles. The lowest BCUT2D eigenvalue weighted by atomic mass is 9.95. The van der Waals surface area contributed by atoms with Crippen molar-refractivity contribution in [2.24, 2.45) is 0 Å². The molecule has 0 heterocycles. The van der Waals surface area contributed by atoms with Crippen molar-refractivity contribution in [1.82, 2.24) is 4.90 Å². The summed E-state index contributed by atoms with van der Waals surface area (Å²) in [5.74, 6) is -1.73. The molecule has 2 nitrogen and oxygen atoms in total. The van der Waals surface area contributed by atoms with E-state index in [1.807, 2.05) is 0 Å². The Balaban J connectivity index is 2.34. The van der Waals surface area contributed by atoms with Crippen molar-refractivity contribution >= 4 is 21.8 Å². The summed E-state index contributed by atoms with van der Waals surface area (Å²) in [5, 5.41) is 0.527. The zero-order chi connectivity index (χ0) is 22.7. The van der Waals surface area contributed by atoms with Crippen LogP contribution in [0.15, 0.2) is 42.5 Å². The number of carbonyl (C=O) groups is 1. The second-order valence-electron chi connectivity index (χ2n) is 6.71. The third-order valence-corrected chi connectivity index (χ3v) is 4.93. The summed E-state index contributed by atoms with van der Waals surface area (Å²) >= 11 is 3.27. The Labute approximate surface area is 176 Å². The van der Waals surface area contributed by atoms with E-state index in [2.05, 4.69) is 15.9 Å². The van der Waals surface area contributed by atoms with Gasteiger partial charge in [-0.25, -0.2) is 4.39 Å². The second-order valence-corrected chi connectivity index (χ2v) is 7.50. The van der Waals surface area contributed by atoms with Gasteiger partial charge in [-0.05, 0) is 42.3 Å². The Bertz CT molecular complexity index is 846. The SMILES string of the molecule is CN(CC(CCBr)c1ccc(F)cc1)C(=O)c1cc(C(F)(F)F)cc(C(F)(F)F)c1. The van der Waals surface area contributed by atoms with Gasteiger partial charge in [0.2, 0.25) is 0 Å². The number of likely N-dealkylation sites (N-methyl/N-ethyl adjacent to an activating group) is 1. The quantitative estimate of drug-likeness (QED) is 0.328. The van der Waals surface area contributed by atoms with Crippen molar-refractivity contribution in [3.63, 3.8) is 0 Å². The lowest BCUT2D eigenvalue weighted by Crippen LogP contribution is -2.32. The summed E-state index contributed by atoms with van der Waals surface area (Å²) in [4.78, 5) is 13.7. The number of alkyl halides is 7. The molecule has 1 unspecified atom stereocenters. The molecule has 10 heteroatoms. The van der Waals surface area contributed by atoms with Crippen molar-refractivity contribution in [3.8, 4) is 0 Å². The van der Waals surface area contributed by atoms with Crippen molar-refractivity contribution in [2.75, 3.05) is 18.9 Å². The van der Waals surface area contributed by atoms with E-state index in [1.54, 1.807) is 0 Å². The molecule has 2 aromatic rings. The molecule has 0 aliphatic rings. The molecule has 2 rings (SSSR count). The molecule has 0 aromatic heterocycles. The van der Waals surface area contributed by atoms with Crippen LogP contribution in [0.1, 0.15) is 39.4 Å². The fraction of sp³-hybridized carbons (Fsp3) is 0.350. The number of halogens is 8. The molecule has 0 spiro atoms. The standard InChI is InChI=1S/C20H17BrF7NO/c1-29(11-13(6-7-21)12-2-4-17(22)5-3-12)18(30)14-8-15(19(23,24)25)10-16(9-14)20(26,27)28/h2-5,8-10,13H,6-7,11H2,1H3. The number of carbonyl (C=O) groups excluding carboxylic acids is 1. The molecule has 0 radical (unpaired) electrons. The minimum Gasteiger partial charge on any atom is -0.341 e. The van der Waals surface area contributed by atoms with Gasteiger partial charge in [-0.2, -0.15) is 26.3 Å². The third kappa shape index (κ3) is 6.20. The van der Waals surface area contributed by atoms with Gasteiger partial charge in [0, 0.05) is 30.4 Å². The van der Waals surface area contributed by atoms with Gasteiger partial charge in [0.1, 0.15) is 5.82 Å². The van der Waals surface area contributed by atoms with Crippen LogP contribution in [-0.2, 0) is 12.4 Å². The van der Waals surface area contributed by atoms with Crippen molar-refractivity contribution < 1.29 is 35.5 Å². The Morgan fingerprint density at radius 2 is 1.47 bits per heavy atom. The predicted molar refractivity (Wildman–Crippen MR) is 101 cm³/mol. The lowest BCUT2D eigenvalue weighted by molar-refractivity contribution is -0.143. The fourth-order valence-electron chi connectivity index (χ4n) is 2.94. The average molecular weight is 500 g/mol.